The molecule has 0 aromatic heterocycles. The van der Waals surface area contributed by atoms with E-state index in [2.05, 4.69) is 0 Å². The van der Waals surface area contributed by atoms with Gasteiger partial charge in [-0.25, -0.2) is 0 Å². The molecule has 14 heavy (non-hydrogen) atoms. The van der Waals surface area contributed by atoms with Gasteiger partial charge in [-0.1, -0.05) is 0 Å². The van der Waals surface area contributed by atoms with E-state index in [1.54, 1.807) is 0 Å². The second-order valence-electron chi connectivity index (χ2n) is 2.98. The zero-order valence-corrected chi connectivity index (χ0v) is 8.31. The van der Waals surface area contributed by atoms with Gasteiger partial charge in [0, 0.05) is 0 Å². The van der Waals surface area contributed by atoms with Gasteiger partial charge in [0.05, 0.1) is 52.9 Å². The molecule has 5 nitrogen and oxygen atoms in total. The average molecular weight is 206 g/mol. The summed E-state index contributed by atoms with van der Waals surface area (Å²) in [5.74, 6) is 0. The summed E-state index contributed by atoms with van der Waals surface area (Å²) >= 11 is 0. The predicted octanol–water partition coefficient (Wildman–Crippen LogP) is -0.573. The number of hydrogen-bond donors (Lipinski definition) is 1. The third kappa shape index (κ3) is 5.51. The molecule has 0 aromatic rings. The van der Waals surface area contributed by atoms with Gasteiger partial charge in [-0.05, 0) is 0 Å². The molecule has 2 rings (SSSR count). The van der Waals surface area contributed by atoms with E-state index in [0.717, 1.165) is 26.4 Å². The van der Waals surface area contributed by atoms with E-state index in [1.165, 1.54) is 0 Å². The van der Waals surface area contributed by atoms with Gasteiger partial charge < -0.3 is 24.1 Å². The molecular formula is C9H18O5. The molecule has 5 heteroatoms. The van der Waals surface area contributed by atoms with Gasteiger partial charge >= 0.3 is 0 Å². The number of rotatable bonds is 1. The van der Waals surface area contributed by atoms with Crippen molar-refractivity contribution in [2.75, 3.05) is 52.9 Å². The monoisotopic (exact) mass is 206 g/mol. The molecule has 84 valence electrons. The van der Waals surface area contributed by atoms with E-state index in [0.29, 0.717) is 19.8 Å². The van der Waals surface area contributed by atoms with Crippen molar-refractivity contribution in [1.82, 2.24) is 0 Å². The Morgan fingerprint density at radius 2 is 1.43 bits per heavy atom. The van der Waals surface area contributed by atoms with E-state index in [-0.39, 0.29) is 12.7 Å². The highest BCUT2D eigenvalue weighted by atomic mass is 16.6. The molecule has 1 atom stereocenters. The van der Waals surface area contributed by atoms with Gasteiger partial charge in [-0.3, -0.25) is 0 Å². The van der Waals surface area contributed by atoms with Crippen molar-refractivity contribution in [1.29, 1.82) is 0 Å². The minimum absolute atomic E-state index is 0.0694. The SMILES string of the molecule is C1COCCO1.OCC1COCCO1. The second kappa shape index (κ2) is 8.14. The highest BCUT2D eigenvalue weighted by Crippen LogP contribution is 1.97. The van der Waals surface area contributed by atoms with Crippen LogP contribution in [0.3, 0.4) is 0 Å². The molecule has 0 radical (unpaired) electrons. The van der Waals surface area contributed by atoms with Gasteiger partial charge in [-0.15, -0.1) is 0 Å². The summed E-state index contributed by atoms with van der Waals surface area (Å²) in [5.41, 5.74) is 0. The van der Waals surface area contributed by atoms with Crippen LogP contribution < -0.4 is 0 Å². The Morgan fingerprint density at radius 1 is 0.857 bits per heavy atom. The van der Waals surface area contributed by atoms with Gasteiger partial charge in [0.1, 0.15) is 6.10 Å². The second-order valence-corrected chi connectivity index (χ2v) is 2.98. The lowest BCUT2D eigenvalue weighted by molar-refractivity contribution is -0.105. The molecule has 0 aliphatic carbocycles. The molecule has 1 N–H and O–H groups in total. The third-order valence-electron chi connectivity index (χ3n) is 1.83. The molecule has 2 aliphatic rings. The summed E-state index contributed by atoms with van der Waals surface area (Å²) in [5, 5.41) is 8.49. The first-order valence-corrected chi connectivity index (χ1v) is 4.89. The molecule has 0 aromatic carbocycles. The van der Waals surface area contributed by atoms with Crippen LogP contribution in [0.1, 0.15) is 0 Å². The van der Waals surface area contributed by atoms with E-state index >= 15 is 0 Å². The maximum atomic E-state index is 8.49. The smallest absolute Gasteiger partial charge is 0.104 e. The van der Waals surface area contributed by atoms with Crippen molar-refractivity contribution >= 4 is 0 Å². The highest BCUT2D eigenvalue weighted by molar-refractivity contribution is 4.56. The molecule has 0 saturated carbocycles. The molecular weight excluding hydrogens is 188 g/mol. The van der Waals surface area contributed by atoms with E-state index in [1.807, 2.05) is 0 Å². The first-order valence-electron chi connectivity index (χ1n) is 4.89. The Labute approximate surface area is 83.9 Å². The normalized spacial score (nSPS) is 27.6. The lowest BCUT2D eigenvalue weighted by Gasteiger charge is -2.20. The third-order valence-corrected chi connectivity index (χ3v) is 1.83. The van der Waals surface area contributed by atoms with E-state index in [4.69, 9.17) is 24.1 Å². The van der Waals surface area contributed by atoms with Crippen LogP contribution in [0.2, 0.25) is 0 Å². The fourth-order valence-electron chi connectivity index (χ4n) is 1.08. The van der Waals surface area contributed by atoms with Crippen molar-refractivity contribution in [2.45, 2.75) is 6.10 Å². The summed E-state index contributed by atoms with van der Waals surface area (Å²) in [6.45, 7) is 5.00. The standard InChI is InChI=1S/C5H10O3.C4H8O2/c6-3-5-4-7-1-2-8-5;1-2-6-4-3-5-1/h5-6H,1-4H2;1-4H2. The van der Waals surface area contributed by atoms with E-state index < -0.39 is 0 Å². The summed E-state index contributed by atoms with van der Waals surface area (Å²) in [7, 11) is 0. The quantitative estimate of drug-likeness (QED) is 0.622. The summed E-state index contributed by atoms with van der Waals surface area (Å²) < 4.78 is 19.9. The first kappa shape index (κ1) is 11.9. The number of aliphatic hydroxyl groups is 1. The minimum Gasteiger partial charge on any atom is -0.394 e. The number of ether oxygens (including phenoxy) is 4. The molecule has 0 spiro atoms. The minimum atomic E-state index is -0.0799. The van der Waals surface area contributed by atoms with Gasteiger partial charge in [0.2, 0.25) is 0 Å². The molecule has 0 bridgehead atoms. The maximum Gasteiger partial charge on any atom is 0.104 e. The Balaban J connectivity index is 0.000000146. The molecule has 2 fully saturated rings. The lowest BCUT2D eigenvalue weighted by Crippen LogP contribution is -2.31. The molecule has 2 heterocycles. The highest BCUT2D eigenvalue weighted by Gasteiger charge is 2.11. The van der Waals surface area contributed by atoms with Crippen LogP contribution in [-0.4, -0.2) is 64.1 Å². The summed E-state index contributed by atoms with van der Waals surface area (Å²) in [6, 6.07) is 0. The number of hydrogen-bond acceptors (Lipinski definition) is 5. The van der Waals surface area contributed by atoms with Crippen molar-refractivity contribution < 1.29 is 24.1 Å². The number of aliphatic hydroxyl groups excluding tert-OH is 1. The zero-order chi connectivity index (χ0) is 10.1. The van der Waals surface area contributed by atoms with Crippen molar-refractivity contribution in [2.24, 2.45) is 0 Å². The van der Waals surface area contributed by atoms with Gasteiger partial charge in [0.25, 0.3) is 0 Å². The van der Waals surface area contributed by atoms with Gasteiger partial charge in [-0.2, -0.15) is 0 Å². The Kier molecular flexibility index (Phi) is 6.90. The summed E-state index contributed by atoms with van der Waals surface area (Å²) in [4.78, 5) is 0. The maximum absolute atomic E-state index is 8.49. The van der Waals surface area contributed by atoms with Crippen molar-refractivity contribution in [3.63, 3.8) is 0 Å². The van der Waals surface area contributed by atoms with Crippen LogP contribution >= 0.6 is 0 Å². The van der Waals surface area contributed by atoms with Crippen LogP contribution in [0.5, 0.6) is 0 Å². The Hall–Kier alpha value is -0.200. The molecule has 2 saturated heterocycles. The zero-order valence-electron chi connectivity index (χ0n) is 8.31. The fourth-order valence-corrected chi connectivity index (χ4v) is 1.08. The largest absolute Gasteiger partial charge is 0.394 e. The lowest BCUT2D eigenvalue weighted by atomic mass is 10.4. The first-order chi connectivity index (χ1) is 6.93. The predicted molar refractivity (Wildman–Crippen MR) is 49.3 cm³/mol. The summed E-state index contributed by atoms with van der Waals surface area (Å²) in [6.07, 6.45) is -0.0799. The molecule has 0 amide bonds. The van der Waals surface area contributed by atoms with E-state index in [9.17, 15) is 0 Å². The molecule has 2 aliphatic heterocycles. The van der Waals surface area contributed by atoms with Crippen LogP contribution in [0.15, 0.2) is 0 Å². The van der Waals surface area contributed by atoms with Gasteiger partial charge in [0.15, 0.2) is 0 Å². The Bertz CT molecular complexity index is 109. The van der Waals surface area contributed by atoms with Crippen molar-refractivity contribution in [3.05, 3.63) is 0 Å². The van der Waals surface area contributed by atoms with Crippen LogP contribution in [0.25, 0.3) is 0 Å². The van der Waals surface area contributed by atoms with Crippen molar-refractivity contribution in [3.8, 4) is 0 Å². The van der Waals surface area contributed by atoms with Crippen LogP contribution in [0.4, 0.5) is 0 Å². The topological polar surface area (TPSA) is 57.2 Å². The van der Waals surface area contributed by atoms with Crippen LogP contribution in [-0.2, 0) is 18.9 Å². The fraction of sp³-hybridized carbons (Fsp3) is 1.00. The molecule has 1 unspecified atom stereocenters. The Morgan fingerprint density at radius 3 is 1.71 bits per heavy atom. The average Bonchev–Trinajstić information content (AvgIpc) is 2.33. The van der Waals surface area contributed by atoms with Crippen LogP contribution in [0, 0.1) is 0 Å².